The number of nitrogens with zero attached hydrogens (tertiary/aromatic N) is 2. The van der Waals surface area contributed by atoms with Gasteiger partial charge in [-0.25, -0.2) is 0 Å². The summed E-state index contributed by atoms with van der Waals surface area (Å²) < 4.78 is 0. The summed E-state index contributed by atoms with van der Waals surface area (Å²) in [6.45, 7) is 0. The van der Waals surface area contributed by atoms with Gasteiger partial charge in [-0.2, -0.15) is 5.26 Å². The Labute approximate surface area is 202 Å². The van der Waals surface area contributed by atoms with E-state index >= 15 is 0 Å². The van der Waals surface area contributed by atoms with E-state index in [1.807, 2.05) is 84.9 Å². The van der Waals surface area contributed by atoms with E-state index in [4.69, 9.17) is 0 Å². The van der Waals surface area contributed by atoms with Crippen molar-refractivity contribution in [3.05, 3.63) is 120 Å². The van der Waals surface area contributed by atoms with Crippen molar-refractivity contribution in [2.75, 3.05) is 16.0 Å². The van der Waals surface area contributed by atoms with E-state index in [-0.39, 0.29) is 5.91 Å². The number of nitrogens with one attached hydrogen (secondary N) is 3. The average molecular weight is 456 g/mol. The first kappa shape index (κ1) is 21.7. The maximum atomic E-state index is 12.8. The van der Waals surface area contributed by atoms with Crippen molar-refractivity contribution in [1.29, 1.82) is 5.26 Å². The van der Waals surface area contributed by atoms with Gasteiger partial charge in [0.15, 0.2) is 0 Å². The van der Waals surface area contributed by atoms with Crippen LogP contribution in [0.2, 0.25) is 0 Å². The van der Waals surface area contributed by atoms with Crippen LogP contribution in [0.1, 0.15) is 15.9 Å². The standard InChI is InChI=1S/C29H21N5O/c30-19-20-9-14-27-26(17-20)28(15-16-31-27)33-23-12-10-21(11-13-23)29(35)34-25-8-4-7-24(18-25)32-22-5-2-1-3-6-22/h1-18,32H,(H,31,33)(H,34,35). The molecule has 3 N–H and O–H groups in total. The Kier molecular flexibility index (Phi) is 6.05. The molecule has 5 aromatic rings. The molecule has 0 saturated carbocycles. The Morgan fingerprint density at radius 2 is 1.46 bits per heavy atom. The number of nitriles is 1. The van der Waals surface area contributed by atoms with Crippen molar-refractivity contribution in [2.45, 2.75) is 0 Å². The molecule has 5 rings (SSSR count). The van der Waals surface area contributed by atoms with Gasteiger partial charge < -0.3 is 16.0 Å². The van der Waals surface area contributed by atoms with Gasteiger partial charge in [-0.1, -0.05) is 24.3 Å². The lowest BCUT2D eigenvalue weighted by Gasteiger charge is -2.11. The fourth-order valence-electron chi connectivity index (χ4n) is 3.75. The molecule has 1 amide bonds. The van der Waals surface area contributed by atoms with Crippen molar-refractivity contribution >= 4 is 45.2 Å². The van der Waals surface area contributed by atoms with Crippen molar-refractivity contribution in [1.82, 2.24) is 4.98 Å². The number of benzene rings is 4. The van der Waals surface area contributed by atoms with Crippen LogP contribution in [0, 0.1) is 11.3 Å². The summed E-state index contributed by atoms with van der Waals surface area (Å²) in [5.74, 6) is -0.193. The number of amides is 1. The van der Waals surface area contributed by atoms with Gasteiger partial charge in [0.25, 0.3) is 5.91 Å². The second kappa shape index (κ2) is 9.77. The molecule has 1 aromatic heterocycles. The zero-order chi connectivity index (χ0) is 24.0. The zero-order valence-electron chi connectivity index (χ0n) is 18.7. The minimum absolute atomic E-state index is 0.193. The number of pyridine rings is 1. The fraction of sp³-hybridized carbons (Fsp3) is 0. The number of hydrogen-bond donors (Lipinski definition) is 3. The molecule has 6 heteroatoms. The number of carbonyl (C=O) groups excluding carboxylic acids is 1. The molecule has 1 heterocycles. The predicted octanol–water partition coefficient (Wildman–Crippen LogP) is 6.85. The van der Waals surface area contributed by atoms with E-state index in [2.05, 4.69) is 27.0 Å². The Balaban J connectivity index is 1.28. The highest BCUT2D eigenvalue weighted by molar-refractivity contribution is 6.04. The molecule has 0 atom stereocenters. The van der Waals surface area contributed by atoms with Crippen LogP contribution < -0.4 is 16.0 Å². The topological polar surface area (TPSA) is 89.8 Å². The molecule has 0 aliphatic heterocycles. The van der Waals surface area contributed by atoms with Crippen molar-refractivity contribution in [3.63, 3.8) is 0 Å². The van der Waals surface area contributed by atoms with E-state index in [1.165, 1.54) is 0 Å². The van der Waals surface area contributed by atoms with Crippen molar-refractivity contribution in [3.8, 4) is 6.07 Å². The smallest absolute Gasteiger partial charge is 0.255 e. The summed E-state index contributed by atoms with van der Waals surface area (Å²) in [7, 11) is 0. The van der Waals surface area contributed by atoms with Crippen LogP contribution in [-0.2, 0) is 0 Å². The highest BCUT2D eigenvalue weighted by atomic mass is 16.1. The van der Waals surface area contributed by atoms with Crippen LogP contribution in [0.15, 0.2) is 109 Å². The molecule has 0 aliphatic rings. The van der Waals surface area contributed by atoms with Gasteiger partial charge in [0.1, 0.15) is 0 Å². The van der Waals surface area contributed by atoms with Crippen LogP contribution in [0.3, 0.4) is 0 Å². The molecule has 0 spiro atoms. The van der Waals surface area contributed by atoms with Gasteiger partial charge in [-0.15, -0.1) is 0 Å². The van der Waals surface area contributed by atoms with Gasteiger partial charge in [-0.3, -0.25) is 9.78 Å². The summed E-state index contributed by atoms with van der Waals surface area (Å²) >= 11 is 0. The predicted molar refractivity (Wildman–Crippen MR) is 140 cm³/mol. The largest absolute Gasteiger partial charge is 0.355 e. The molecule has 4 aromatic carbocycles. The van der Waals surface area contributed by atoms with E-state index in [0.29, 0.717) is 16.8 Å². The Hall–Kier alpha value is -5.15. The summed E-state index contributed by atoms with van der Waals surface area (Å²) in [6.07, 6.45) is 1.72. The Morgan fingerprint density at radius 3 is 2.26 bits per heavy atom. The average Bonchev–Trinajstić information content (AvgIpc) is 2.90. The van der Waals surface area contributed by atoms with Gasteiger partial charge in [-0.05, 0) is 78.9 Å². The van der Waals surface area contributed by atoms with Gasteiger partial charge in [0, 0.05) is 45.6 Å². The van der Waals surface area contributed by atoms with Crippen LogP contribution in [0.4, 0.5) is 28.4 Å². The first-order valence-corrected chi connectivity index (χ1v) is 11.1. The second-order valence-corrected chi connectivity index (χ2v) is 7.93. The van der Waals surface area contributed by atoms with Gasteiger partial charge in [0.05, 0.1) is 17.1 Å². The first-order chi connectivity index (χ1) is 17.2. The molecule has 168 valence electrons. The Morgan fingerprint density at radius 1 is 0.714 bits per heavy atom. The third-order valence-electron chi connectivity index (χ3n) is 5.48. The summed E-state index contributed by atoms with van der Waals surface area (Å²) in [4.78, 5) is 17.2. The maximum absolute atomic E-state index is 12.8. The molecule has 0 unspecified atom stereocenters. The SMILES string of the molecule is N#Cc1ccc2nccc(Nc3ccc(C(=O)Nc4cccc(Nc5ccccc5)c4)cc3)c2c1. The van der Waals surface area contributed by atoms with Gasteiger partial charge >= 0.3 is 0 Å². The van der Waals surface area contributed by atoms with E-state index in [0.717, 1.165) is 33.7 Å². The number of hydrogen-bond acceptors (Lipinski definition) is 5. The normalized spacial score (nSPS) is 10.4. The summed E-state index contributed by atoms with van der Waals surface area (Å²) in [5.41, 5.74) is 6.15. The lowest BCUT2D eigenvalue weighted by atomic mass is 10.1. The third kappa shape index (κ3) is 5.10. The lowest BCUT2D eigenvalue weighted by Crippen LogP contribution is -2.11. The minimum atomic E-state index is -0.193. The molecule has 0 bridgehead atoms. The maximum Gasteiger partial charge on any atom is 0.255 e. The quantitative estimate of drug-likeness (QED) is 0.261. The van der Waals surface area contributed by atoms with E-state index in [1.54, 1.807) is 24.4 Å². The Bertz CT molecular complexity index is 1540. The molecule has 0 aliphatic carbocycles. The first-order valence-electron chi connectivity index (χ1n) is 11.1. The fourth-order valence-corrected chi connectivity index (χ4v) is 3.75. The van der Waals surface area contributed by atoms with Crippen LogP contribution in [0.5, 0.6) is 0 Å². The summed E-state index contributed by atoms with van der Waals surface area (Å²) in [5, 5.41) is 19.7. The van der Waals surface area contributed by atoms with Crippen molar-refractivity contribution in [2.24, 2.45) is 0 Å². The highest BCUT2D eigenvalue weighted by Gasteiger charge is 2.08. The second-order valence-electron chi connectivity index (χ2n) is 7.93. The van der Waals surface area contributed by atoms with E-state index < -0.39 is 0 Å². The molecule has 6 nitrogen and oxygen atoms in total. The number of rotatable bonds is 6. The number of para-hydroxylation sites is 1. The van der Waals surface area contributed by atoms with E-state index in [9.17, 15) is 10.1 Å². The lowest BCUT2D eigenvalue weighted by molar-refractivity contribution is 0.102. The monoisotopic (exact) mass is 455 g/mol. The highest BCUT2D eigenvalue weighted by Crippen LogP contribution is 2.26. The molecular weight excluding hydrogens is 434 g/mol. The number of anilines is 5. The van der Waals surface area contributed by atoms with Gasteiger partial charge in [0.2, 0.25) is 0 Å². The number of aromatic nitrogens is 1. The van der Waals surface area contributed by atoms with Crippen LogP contribution >= 0.6 is 0 Å². The zero-order valence-corrected chi connectivity index (χ0v) is 18.7. The minimum Gasteiger partial charge on any atom is -0.355 e. The van der Waals surface area contributed by atoms with Crippen molar-refractivity contribution < 1.29 is 4.79 Å². The molecule has 35 heavy (non-hydrogen) atoms. The van der Waals surface area contributed by atoms with Crippen LogP contribution in [0.25, 0.3) is 10.9 Å². The summed E-state index contributed by atoms with van der Waals surface area (Å²) in [6, 6.07) is 34.1. The molecule has 0 radical (unpaired) electrons. The molecule has 0 fully saturated rings. The number of fused-ring (bicyclic) bond motifs is 1. The number of carbonyl (C=O) groups is 1. The molecule has 0 saturated heterocycles. The molecular formula is C29H21N5O. The van der Waals surface area contributed by atoms with Crippen LogP contribution in [-0.4, -0.2) is 10.9 Å². The third-order valence-corrected chi connectivity index (χ3v) is 5.48.